The maximum atomic E-state index is 11.7. The van der Waals surface area contributed by atoms with E-state index in [-0.39, 0.29) is 25.0 Å². The highest BCUT2D eigenvalue weighted by molar-refractivity contribution is 5.86. The molecule has 2 unspecified atom stereocenters. The summed E-state index contributed by atoms with van der Waals surface area (Å²) in [5, 5.41) is 11.9. The molecular formula is C10H20N2O4. The molecule has 2 atom stereocenters. The lowest BCUT2D eigenvalue weighted by Gasteiger charge is -2.23. The van der Waals surface area contributed by atoms with E-state index in [0.717, 1.165) is 0 Å². The Bertz CT molecular complexity index is 245. The molecule has 0 fully saturated rings. The summed E-state index contributed by atoms with van der Waals surface area (Å²) in [5.74, 6) is -0.503. The van der Waals surface area contributed by atoms with Gasteiger partial charge in [-0.05, 0) is 6.92 Å². The average Bonchev–Trinajstić information content (AvgIpc) is 2.15. The first-order valence-corrected chi connectivity index (χ1v) is 5.07. The number of rotatable bonds is 6. The predicted molar refractivity (Wildman–Crippen MR) is 58.8 cm³/mol. The summed E-state index contributed by atoms with van der Waals surface area (Å²) in [6.07, 6.45) is -0.719. The number of carbonyl (C=O) groups excluding carboxylic acids is 2. The molecule has 0 rings (SSSR count). The molecule has 0 radical (unpaired) electrons. The molecule has 0 aliphatic rings. The fourth-order valence-electron chi connectivity index (χ4n) is 1.35. The van der Waals surface area contributed by atoms with Crippen LogP contribution < -0.4 is 5.32 Å². The smallest absolute Gasteiger partial charge is 0.244 e. The van der Waals surface area contributed by atoms with E-state index in [2.05, 4.69) is 5.32 Å². The number of aliphatic hydroxyl groups excluding tert-OH is 1. The lowest BCUT2D eigenvalue weighted by Crippen LogP contribution is -2.47. The van der Waals surface area contributed by atoms with Crippen LogP contribution in [0.2, 0.25) is 0 Å². The second-order valence-corrected chi connectivity index (χ2v) is 3.75. The summed E-state index contributed by atoms with van der Waals surface area (Å²) >= 11 is 0. The summed E-state index contributed by atoms with van der Waals surface area (Å²) in [6.45, 7) is 3.30. The van der Waals surface area contributed by atoms with Gasteiger partial charge in [0.2, 0.25) is 11.8 Å². The number of hydrogen-bond acceptors (Lipinski definition) is 4. The molecule has 16 heavy (non-hydrogen) atoms. The lowest BCUT2D eigenvalue weighted by atomic mass is 10.2. The zero-order chi connectivity index (χ0) is 12.7. The second-order valence-electron chi connectivity index (χ2n) is 3.75. The fraction of sp³-hybridized carbons (Fsp3) is 0.800. The number of nitrogens with zero attached hydrogens (tertiary/aromatic N) is 1. The third-order valence-electron chi connectivity index (χ3n) is 2.01. The Balaban J connectivity index is 4.11. The van der Waals surface area contributed by atoms with Crippen LogP contribution in [0.25, 0.3) is 0 Å². The zero-order valence-corrected chi connectivity index (χ0v) is 10.2. The second kappa shape index (κ2) is 7.19. The number of carbonyl (C=O) groups is 2. The first-order valence-electron chi connectivity index (χ1n) is 5.07. The summed E-state index contributed by atoms with van der Waals surface area (Å²) in [7, 11) is 3.05. The highest BCUT2D eigenvalue weighted by Crippen LogP contribution is 1.95. The summed E-state index contributed by atoms with van der Waals surface area (Å²) < 4.78 is 4.75. The van der Waals surface area contributed by atoms with Crippen molar-refractivity contribution in [3.05, 3.63) is 0 Å². The standard InChI is InChI=1S/C10H20N2O4/c1-7(11-8(2)13)10(15)12(3)5-9(14)6-16-4/h7,9,14H,5-6H2,1-4H3,(H,11,13). The third kappa shape index (κ3) is 5.67. The Kier molecular flexibility index (Phi) is 6.67. The fourth-order valence-corrected chi connectivity index (χ4v) is 1.35. The molecule has 0 aromatic carbocycles. The van der Waals surface area contributed by atoms with Gasteiger partial charge >= 0.3 is 0 Å². The minimum Gasteiger partial charge on any atom is -0.389 e. The van der Waals surface area contributed by atoms with Gasteiger partial charge in [0, 0.05) is 27.6 Å². The topological polar surface area (TPSA) is 78.9 Å². The highest BCUT2D eigenvalue weighted by atomic mass is 16.5. The molecule has 0 saturated heterocycles. The molecule has 6 heteroatoms. The van der Waals surface area contributed by atoms with Crippen molar-refractivity contribution in [3.63, 3.8) is 0 Å². The summed E-state index contributed by atoms with van der Waals surface area (Å²) in [5.41, 5.74) is 0. The van der Waals surface area contributed by atoms with Gasteiger partial charge in [-0.3, -0.25) is 9.59 Å². The van der Waals surface area contributed by atoms with Crippen LogP contribution in [0.15, 0.2) is 0 Å². The molecule has 2 amide bonds. The molecule has 0 aromatic heterocycles. The van der Waals surface area contributed by atoms with E-state index in [1.807, 2.05) is 0 Å². The molecule has 0 saturated carbocycles. The van der Waals surface area contributed by atoms with Crippen LogP contribution in [0.4, 0.5) is 0 Å². The van der Waals surface area contributed by atoms with E-state index < -0.39 is 12.1 Å². The normalized spacial score (nSPS) is 14.1. The van der Waals surface area contributed by atoms with Gasteiger partial charge in [0.1, 0.15) is 6.04 Å². The Morgan fingerprint density at radius 1 is 1.50 bits per heavy atom. The van der Waals surface area contributed by atoms with Crippen LogP contribution in [0, 0.1) is 0 Å². The monoisotopic (exact) mass is 232 g/mol. The lowest BCUT2D eigenvalue weighted by molar-refractivity contribution is -0.135. The Labute approximate surface area is 95.6 Å². The van der Waals surface area contributed by atoms with Gasteiger partial charge in [-0.15, -0.1) is 0 Å². The Morgan fingerprint density at radius 3 is 2.50 bits per heavy atom. The van der Waals surface area contributed by atoms with Crippen molar-refractivity contribution >= 4 is 11.8 Å². The van der Waals surface area contributed by atoms with Gasteiger partial charge in [0.05, 0.1) is 12.7 Å². The number of aliphatic hydroxyl groups is 1. The van der Waals surface area contributed by atoms with E-state index >= 15 is 0 Å². The van der Waals surface area contributed by atoms with Gasteiger partial charge in [-0.25, -0.2) is 0 Å². The largest absolute Gasteiger partial charge is 0.389 e. The van der Waals surface area contributed by atoms with Crippen molar-refractivity contribution in [2.24, 2.45) is 0 Å². The minimum absolute atomic E-state index is 0.173. The van der Waals surface area contributed by atoms with Crippen molar-refractivity contribution in [1.82, 2.24) is 10.2 Å². The van der Waals surface area contributed by atoms with Gasteiger partial charge in [0.15, 0.2) is 0 Å². The molecule has 0 heterocycles. The van der Waals surface area contributed by atoms with E-state index in [0.29, 0.717) is 0 Å². The van der Waals surface area contributed by atoms with Crippen LogP contribution in [0.3, 0.4) is 0 Å². The first-order chi connectivity index (χ1) is 7.38. The maximum Gasteiger partial charge on any atom is 0.244 e. The summed E-state index contributed by atoms with van der Waals surface area (Å²) in [4.78, 5) is 23.8. The van der Waals surface area contributed by atoms with Crippen LogP contribution in [0.1, 0.15) is 13.8 Å². The highest BCUT2D eigenvalue weighted by Gasteiger charge is 2.19. The van der Waals surface area contributed by atoms with Gasteiger partial charge in [0.25, 0.3) is 0 Å². The van der Waals surface area contributed by atoms with Crippen molar-refractivity contribution in [2.75, 3.05) is 27.3 Å². The molecule has 0 aromatic rings. The number of nitrogens with one attached hydrogen (secondary N) is 1. The van der Waals surface area contributed by atoms with Crippen LogP contribution >= 0.6 is 0 Å². The number of likely N-dealkylation sites (N-methyl/N-ethyl adjacent to an activating group) is 1. The van der Waals surface area contributed by atoms with Gasteiger partial charge in [-0.2, -0.15) is 0 Å². The average molecular weight is 232 g/mol. The maximum absolute atomic E-state index is 11.7. The van der Waals surface area contributed by atoms with Crippen LogP contribution in [-0.4, -0.2) is 61.3 Å². The Morgan fingerprint density at radius 2 is 2.06 bits per heavy atom. The van der Waals surface area contributed by atoms with Crippen molar-refractivity contribution in [2.45, 2.75) is 26.0 Å². The molecule has 94 valence electrons. The molecule has 0 spiro atoms. The number of amides is 2. The molecule has 2 N–H and O–H groups in total. The Hall–Kier alpha value is -1.14. The zero-order valence-electron chi connectivity index (χ0n) is 10.2. The van der Waals surface area contributed by atoms with E-state index in [1.54, 1.807) is 14.0 Å². The molecule has 0 bridgehead atoms. The molecule has 0 aliphatic heterocycles. The molecular weight excluding hydrogens is 212 g/mol. The molecule has 0 aliphatic carbocycles. The number of hydrogen-bond donors (Lipinski definition) is 2. The third-order valence-corrected chi connectivity index (χ3v) is 2.01. The van der Waals surface area contributed by atoms with Crippen molar-refractivity contribution < 1.29 is 19.4 Å². The number of methoxy groups -OCH3 is 1. The first kappa shape index (κ1) is 14.9. The van der Waals surface area contributed by atoms with E-state index in [9.17, 15) is 14.7 Å². The van der Waals surface area contributed by atoms with Crippen LogP contribution in [-0.2, 0) is 14.3 Å². The van der Waals surface area contributed by atoms with Crippen LogP contribution in [0.5, 0.6) is 0 Å². The van der Waals surface area contributed by atoms with Gasteiger partial charge < -0.3 is 20.1 Å². The quantitative estimate of drug-likeness (QED) is 0.614. The van der Waals surface area contributed by atoms with Crippen molar-refractivity contribution in [1.29, 1.82) is 0 Å². The summed E-state index contributed by atoms with van der Waals surface area (Å²) in [6, 6.07) is -0.586. The predicted octanol–water partition coefficient (Wildman–Crippen LogP) is -1.02. The van der Waals surface area contributed by atoms with E-state index in [1.165, 1.54) is 18.9 Å². The minimum atomic E-state index is -0.719. The molecule has 6 nitrogen and oxygen atoms in total. The van der Waals surface area contributed by atoms with E-state index in [4.69, 9.17) is 4.74 Å². The van der Waals surface area contributed by atoms with Crippen molar-refractivity contribution in [3.8, 4) is 0 Å². The van der Waals surface area contributed by atoms with Gasteiger partial charge in [-0.1, -0.05) is 0 Å². The SMILES string of the molecule is COCC(O)CN(C)C(=O)C(C)NC(C)=O. The number of ether oxygens (including phenoxy) is 1.